The third kappa shape index (κ3) is 6.33. The second kappa shape index (κ2) is 11.2. The molecular formula is C28H40F3N5O2. The molecule has 0 bridgehead atoms. The Morgan fingerprint density at radius 1 is 1.29 bits per heavy atom. The van der Waals surface area contributed by atoms with Crippen molar-refractivity contribution in [2.24, 2.45) is 39.4 Å². The molecular weight excluding hydrogens is 495 g/mol. The lowest BCUT2D eigenvalue weighted by Crippen LogP contribution is -2.47. The van der Waals surface area contributed by atoms with Gasteiger partial charge in [0.05, 0.1) is 29.6 Å². The number of halogens is 3. The molecule has 5 atom stereocenters. The van der Waals surface area contributed by atoms with Crippen molar-refractivity contribution in [2.45, 2.75) is 83.7 Å². The molecule has 4 N–H and O–H groups in total. The lowest BCUT2D eigenvalue weighted by Gasteiger charge is -2.39. The molecule has 1 amide bonds. The number of aliphatic hydroxyl groups is 1. The number of hydrogen-bond donors (Lipinski definition) is 3. The van der Waals surface area contributed by atoms with E-state index in [9.17, 15) is 23.1 Å². The quantitative estimate of drug-likeness (QED) is 0.446. The van der Waals surface area contributed by atoms with Gasteiger partial charge in [0.2, 0.25) is 5.91 Å². The van der Waals surface area contributed by atoms with Crippen LogP contribution in [-0.2, 0) is 4.79 Å². The fourth-order valence-electron chi connectivity index (χ4n) is 6.37. The van der Waals surface area contributed by atoms with Crippen molar-refractivity contribution in [3.8, 4) is 0 Å². The van der Waals surface area contributed by atoms with Gasteiger partial charge in [-0.25, -0.2) is 0 Å². The highest BCUT2D eigenvalue weighted by Gasteiger charge is 2.40. The molecule has 4 aliphatic rings. The number of nitrogens with zero attached hydrogens (tertiary/aromatic N) is 3. The Kier molecular flexibility index (Phi) is 8.40. The minimum atomic E-state index is -4.43. The molecule has 4 rings (SSSR count). The predicted octanol–water partition coefficient (Wildman–Crippen LogP) is 4.11. The van der Waals surface area contributed by atoms with Gasteiger partial charge in [0.15, 0.2) is 0 Å². The summed E-state index contributed by atoms with van der Waals surface area (Å²) in [5.41, 5.74) is 6.81. The Labute approximate surface area is 222 Å². The van der Waals surface area contributed by atoms with Crippen molar-refractivity contribution in [3.05, 3.63) is 35.1 Å². The molecule has 1 aliphatic heterocycles. The van der Waals surface area contributed by atoms with E-state index in [4.69, 9.17) is 15.7 Å². The van der Waals surface area contributed by atoms with Crippen LogP contribution in [0.1, 0.15) is 59.3 Å². The van der Waals surface area contributed by atoms with E-state index in [-0.39, 0.29) is 29.5 Å². The number of carbonyl (C=O) groups is 1. The predicted molar refractivity (Wildman–Crippen MR) is 142 cm³/mol. The molecule has 1 fully saturated rings. The first kappa shape index (κ1) is 28.4. The first-order valence-corrected chi connectivity index (χ1v) is 13.6. The number of nitrogens with two attached hydrogens (primary N) is 1. The van der Waals surface area contributed by atoms with Crippen molar-refractivity contribution in [2.75, 3.05) is 13.6 Å². The highest BCUT2D eigenvalue weighted by molar-refractivity contribution is 6.03. The van der Waals surface area contributed by atoms with Crippen LogP contribution >= 0.6 is 0 Å². The van der Waals surface area contributed by atoms with Crippen LogP contribution in [0.15, 0.2) is 45.1 Å². The smallest absolute Gasteiger partial charge is 0.401 e. The average Bonchev–Trinajstić information content (AvgIpc) is 3.25. The molecule has 0 aromatic heterocycles. The highest BCUT2D eigenvalue weighted by Crippen LogP contribution is 2.41. The topological polar surface area (TPSA) is 103 Å². The fourth-order valence-corrected chi connectivity index (χ4v) is 6.37. The maximum absolute atomic E-state index is 13.2. The molecule has 0 saturated heterocycles. The third-order valence-electron chi connectivity index (χ3n) is 8.33. The zero-order chi connectivity index (χ0) is 27.8. The molecule has 3 aliphatic carbocycles. The summed E-state index contributed by atoms with van der Waals surface area (Å²) < 4.78 is 39.6. The number of hydrogen-bond acceptors (Lipinski definition) is 5. The average molecular weight is 536 g/mol. The molecule has 0 radical (unpaired) electrons. The molecule has 7 nitrogen and oxygen atoms in total. The second-order valence-corrected chi connectivity index (χ2v) is 11.4. The monoisotopic (exact) mass is 535 g/mol. The number of aliphatic imine (C=N–C) groups is 2. The summed E-state index contributed by atoms with van der Waals surface area (Å²) in [5.74, 6) is 1.47. The Hall–Kier alpha value is -2.62. The third-order valence-corrected chi connectivity index (χ3v) is 8.33. The van der Waals surface area contributed by atoms with Gasteiger partial charge in [-0.3, -0.25) is 14.8 Å². The van der Waals surface area contributed by atoms with Crippen LogP contribution < -0.4 is 11.1 Å². The highest BCUT2D eigenvalue weighted by atomic mass is 19.4. The molecule has 210 valence electrons. The van der Waals surface area contributed by atoms with E-state index in [0.29, 0.717) is 12.5 Å². The van der Waals surface area contributed by atoms with Gasteiger partial charge in [-0.1, -0.05) is 17.7 Å². The number of amides is 1. The number of amidine groups is 2. The first-order valence-electron chi connectivity index (χ1n) is 13.6. The zero-order valence-corrected chi connectivity index (χ0v) is 22.6. The minimum absolute atomic E-state index is 0.00641. The van der Waals surface area contributed by atoms with Crippen LogP contribution in [-0.4, -0.2) is 65.5 Å². The SMILES string of the molecule is CC1=NC2CC=C(C3CCC(C(=O)N(C)CC(C)O)CC3)CC2C(=NC(C)C2C=C(C(F)(F)F)C=C2N)N1. The van der Waals surface area contributed by atoms with E-state index in [0.717, 1.165) is 56.3 Å². The van der Waals surface area contributed by atoms with E-state index in [1.807, 2.05) is 6.92 Å². The number of aliphatic hydroxyl groups excluding tert-OH is 1. The van der Waals surface area contributed by atoms with Gasteiger partial charge in [-0.2, -0.15) is 13.2 Å². The Balaban J connectivity index is 1.43. The number of fused-ring (bicyclic) bond motifs is 1. The summed E-state index contributed by atoms with van der Waals surface area (Å²) in [5, 5.41) is 12.9. The summed E-state index contributed by atoms with van der Waals surface area (Å²) in [6.07, 6.45) is 4.64. The van der Waals surface area contributed by atoms with Crippen LogP contribution in [0.5, 0.6) is 0 Å². The fraction of sp³-hybridized carbons (Fsp3) is 0.679. The summed E-state index contributed by atoms with van der Waals surface area (Å²) >= 11 is 0. The summed E-state index contributed by atoms with van der Waals surface area (Å²) in [7, 11) is 1.75. The summed E-state index contributed by atoms with van der Waals surface area (Å²) in [4.78, 5) is 24.1. The molecule has 10 heteroatoms. The molecule has 0 spiro atoms. The van der Waals surface area contributed by atoms with Crippen LogP contribution in [0.25, 0.3) is 0 Å². The van der Waals surface area contributed by atoms with Crippen molar-refractivity contribution in [1.82, 2.24) is 10.2 Å². The largest absolute Gasteiger partial charge is 0.416 e. The molecule has 38 heavy (non-hydrogen) atoms. The Bertz CT molecular complexity index is 1070. The summed E-state index contributed by atoms with van der Waals surface area (Å²) in [6.45, 7) is 5.71. The maximum Gasteiger partial charge on any atom is 0.416 e. The van der Waals surface area contributed by atoms with Gasteiger partial charge >= 0.3 is 6.18 Å². The normalized spacial score (nSPS) is 32.3. The van der Waals surface area contributed by atoms with Gasteiger partial charge in [0.25, 0.3) is 0 Å². The van der Waals surface area contributed by atoms with Gasteiger partial charge in [0, 0.05) is 37.0 Å². The van der Waals surface area contributed by atoms with Gasteiger partial charge in [-0.05, 0) is 71.3 Å². The number of likely N-dealkylation sites (N-methyl/N-ethyl adjacent to an activating group) is 1. The van der Waals surface area contributed by atoms with Crippen molar-refractivity contribution < 1.29 is 23.1 Å². The van der Waals surface area contributed by atoms with Gasteiger partial charge in [-0.15, -0.1) is 0 Å². The standard InChI is InChI=1S/C28H40F3N5O2/c1-15(37)14-36(4)27(38)19-7-5-18(6-8-19)20-9-10-25-23(11-20)26(35-17(3)34-25)33-16(2)22-12-21(13-24(22)32)28(29,30)31/h9,12-13,15-16,18-19,22-23,25,37H,5-8,10-11,14,32H2,1-4H3,(H,33,34,35). The first-order chi connectivity index (χ1) is 17.8. The molecule has 1 saturated carbocycles. The molecule has 0 aromatic rings. The number of alkyl halides is 3. The van der Waals surface area contributed by atoms with Crippen LogP contribution in [0, 0.1) is 23.7 Å². The van der Waals surface area contributed by atoms with Crippen molar-refractivity contribution >= 4 is 17.6 Å². The number of rotatable bonds is 6. The Morgan fingerprint density at radius 3 is 2.58 bits per heavy atom. The lowest BCUT2D eigenvalue weighted by atomic mass is 9.72. The second-order valence-electron chi connectivity index (χ2n) is 11.4. The van der Waals surface area contributed by atoms with Gasteiger partial charge < -0.3 is 21.1 Å². The van der Waals surface area contributed by atoms with Gasteiger partial charge in [0.1, 0.15) is 5.84 Å². The van der Waals surface area contributed by atoms with E-state index in [1.165, 1.54) is 11.6 Å². The van der Waals surface area contributed by atoms with Crippen molar-refractivity contribution in [1.29, 1.82) is 0 Å². The maximum atomic E-state index is 13.2. The van der Waals surface area contributed by atoms with Crippen molar-refractivity contribution in [3.63, 3.8) is 0 Å². The Morgan fingerprint density at radius 2 is 1.97 bits per heavy atom. The molecule has 0 aromatic carbocycles. The van der Waals surface area contributed by atoms with Crippen LogP contribution in [0.4, 0.5) is 13.2 Å². The van der Waals surface area contributed by atoms with E-state index in [2.05, 4.69) is 11.4 Å². The minimum Gasteiger partial charge on any atom is -0.401 e. The van der Waals surface area contributed by atoms with E-state index >= 15 is 0 Å². The van der Waals surface area contributed by atoms with Crippen LogP contribution in [0.2, 0.25) is 0 Å². The number of nitrogens with one attached hydrogen (secondary N) is 1. The van der Waals surface area contributed by atoms with E-state index < -0.39 is 29.8 Å². The molecule has 5 unspecified atom stereocenters. The zero-order valence-electron chi connectivity index (χ0n) is 22.6. The van der Waals surface area contributed by atoms with Crippen LogP contribution in [0.3, 0.4) is 0 Å². The number of allylic oxidation sites excluding steroid dienone is 3. The molecule has 1 heterocycles. The lowest BCUT2D eigenvalue weighted by molar-refractivity contribution is -0.136. The van der Waals surface area contributed by atoms with E-state index in [1.54, 1.807) is 25.8 Å². The number of carbonyl (C=O) groups excluding carboxylic acids is 1. The summed E-state index contributed by atoms with van der Waals surface area (Å²) in [6, 6.07) is -0.398.